The SMILES string of the molecule is CC1Oc2cc(N3CCCC3=O)ccc2-c2cnc(Nc3cncc(F)c3)cc21. The van der Waals surface area contributed by atoms with Gasteiger partial charge < -0.3 is 15.0 Å². The molecule has 5 rings (SSSR count). The van der Waals surface area contributed by atoms with Crippen molar-refractivity contribution >= 4 is 23.1 Å². The van der Waals surface area contributed by atoms with Gasteiger partial charge in [-0.25, -0.2) is 9.37 Å². The minimum atomic E-state index is -0.411. The molecule has 1 saturated heterocycles. The highest BCUT2D eigenvalue weighted by molar-refractivity contribution is 5.96. The zero-order chi connectivity index (χ0) is 20.0. The molecular weight excluding hydrogens is 371 g/mol. The largest absolute Gasteiger partial charge is 0.485 e. The number of anilines is 3. The highest BCUT2D eigenvalue weighted by Gasteiger charge is 2.27. The van der Waals surface area contributed by atoms with E-state index in [1.54, 1.807) is 12.4 Å². The molecule has 4 heterocycles. The monoisotopic (exact) mass is 390 g/mol. The first-order valence-corrected chi connectivity index (χ1v) is 9.57. The van der Waals surface area contributed by atoms with Crippen molar-refractivity contribution in [2.45, 2.75) is 25.9 Å². The Bertz CT molecular complexity index is 1120. The van der Waals surface area contributed by atoms with E-state index < -0.39 is 5.82 Å². The molecule has 1 amide bonds. The first-order chi connectivity index (χ1) is 14.1. The maximum atomic E-state index is 13.4. The fourth-order valence-corrected chi connectivity index (χ4v) is 3.90. The molecule has 146 valence electrons. The predicted molar refractivity (Wildman–Crippen MR) is 108 cm³/mol. The Morgan fingerprint density at radius 2 is 2.07 bits per heavy atom. The van der Waals surface area contributed by atoms with Crippen LogP contribution in [0.15, 0.2) is 48.9 Å². The number of carbonyl (C=O) groups excluding carboxylic acids is 1. The molecule has 1 fully saturated rings. The van der Waals surface area contributed by atoms with Gasteiger partial charge in [-0.3, -0.25) is 9.78 Å². The summed E-state index contributed by atoms with van der Waals surface area (Å²) in [4.78, 5) is 22.2. The smallest absolute Gasteiger partial charge is 0.227 e. The van der Waals surface area contributed by atoms with Gasteiger partial charge in [-0.2, -0.15) is 0 Å². The fourth-order valence-electron chi connectivity index (χ4n) is 3.90. The molecule has 6 nitrogen and oxygen atoms in total. The van der Waals surface area contributed by atoms with Gasteiger partial charge in [0.15, 0.2) is 0 Å². The van der Waals surface area contributed by atoms with Crippen LogP contribution in [0.3, 0.4) is 0 Å². The van der Waals surface area contributed by atoms with Crippen molar-refractivity contribution in [3.05, 3.63) is 60.3 Å². The van der Waals surface area contributed by atoms with E-state index in [9.17, 15) is 9.18 Å². The first-order valence-electron chi connectivity index (χ1n) is 9.57. The number of rotatable bonds is 3. The molecule has 2 aromatic heterocycles. The summed E-state index contributed by atoms with van der Waals surface area (Å²) in [7, 11) is 0. The fraction of sp³-hybridized carbons (Fsp3) is 0.227. The van der Waals surface area contributed by atoms with Gasteiger partial charge in [0.1, 0.15) is 23.5 Å². The molecule has 1 unspecified atom stereocenters. The molecule has 1 atom stereocenters. The maximum absolute atomic E-state index is 13.4. The number of hydrogen-bond acceptors (Lipinski definition) is 5. The number of aromatic nitrogens is 2. The summed E-state index contributed by atoms with van der Waals surface area (Å²) in [5, 5.41) is 3.08. The molecule has 1 aromatic carbocycles. The van der Waals surface area contributed by atoms with Crippen molar-refractivity contribution in [1.82, 2.24) is 9.97 Å². The molecule has 0 bridgehead atoms. The van der Waals surface area contributed by atoms with Gasteiger partial charge in [0.25, 0.3) is 0 Å². The van der Waals surface area contributed by atoms with E-state index in [-0.39, 0.29) is 12.0 Å². The summed E-state index contributed by atoms with van der Waals surface area (Å²) < 4.78 is 19.5. The van der Waals surface area contributed by atoms with Crippen LogP contribution in [0.1, 0.15) is 31.4 Å². The predicted octanol–water partition coefficient (Wildman–Crippen LogP) is 4.61. The van der Waals surface area contributed by atoms with E-state index in [0.717, 1.165) is 47.3 Å². The highest BCUT2D eigenvalue weighted by Crippen LogP contribution is 2.44. The van der Waals surface area contributed by atoms with Crippen molar-refractivity contribution in [3.63, 3.8) is 0 Å². The Balaban J connectivity index is 1.48. The topological polar surface area (TPSA) is 67.3 Å². The average molecular weight is 390 g/mol. The van der Waals surface area contributed by atoms with Crippen LogP contribution in [0, 0.1) is 5.82 Å². The van der Waals surface area contributed by atoms with Crippen LogP contribution in [0.4, 0.5) is 21.6 Å². The van der Waals surface area contributed by atoms with Crippen molar-refractivity contribution in [2.24, 2.45) is 0 Å². The Hall–Kier alpha value is -3.48. The summed E-state index contributed by atoms with van der Waals surface area (Å²) in [5.74, 6) is 1.08. The van der Waals surface area contributed by atoms with Gasteiger partial charge in [-0.1, -0.05) is 0 Å². The van der Waals surface area contributed by atoms with Gasteiger partial charge in [0, 0.05) is 53.7 Å². The summed E-state index contributed by atoms with van der Waals surface area (Å²) >= 11 is 0. The van der Waals surface area contributed by atoms with Crippen LogP contribution < -0.4 is 15.0 Å². The van der Waals surface area contributed by atoms with E-state index in [2.05, 4.69) is 15.3 Å². The number of fused-ring (bicyclic) bond motifs is 3. The molecule has 0 spiro atoms. The van der Waals surface area contributed by atoms with Crippen molar-refractivity contribution in [2.75, 3.05) is 16.8 Å². The minimum absolute atomic E-state index is 0.151. The van der Waals surface area contributed by atoms with Crippen molar-refractivity contribution in [3.8, 4) is 16.9 Å². The van der Waals surface area contributed by atoms with Crippen molar-refractivity contribution in [1.29, 1.82) is 0 Å². The summed E-state index contributed by atoms with van der Waals surface area (Å²) in [6.07, 6.45) is 5.79. The number of pyridine rings is 2. The van der Waals surface area contributed by atoms with Crippen LogP contribution in [0.5, 0.6) is 5.75 Å². The molecule has 1 N–H and O–H groups in total. The number of ether oxygens (including phenoxy) is 1. The lowest BCUT2D eigenvalue weighted by Gasteiger charge is -2.28. The van der Waals surface area contributed by atoms with Crippen LogP contribution >= 0.6 is 0 Å². The van der Waals surface area contributed by atoms with Crippen molar-refractivity contribution < 1.29 is 13.9 Å². The van der Waals surface area contributed by atoms with Gasteiger partial charge >= 0.3 is 0 Å². The molecule has 29 heavy (non-hydrogen) atoms. The Morgan fingerprint density at radius 1 is 1.17 bits per heavy atom. The second-order valence-corrected chi connectivity index (χ2v) is 7.26. The van der Waals surface area contributed by atoms with E-state index in [0.29, 0.717) is 17.9 Å². The summed E-state index contributed by atoms with van der Waals surface area (Å²) in [6, 6.07) is 9.14. The Morgan fingerprint density at radius 3 is 2.86 bits per heavy atom. The molecule has 2 aliphatic heterocycles. The number of benzene rings is 1. The molecule has 0 saturated carbocycles. The zero-order valence-corrected chi connectivity index (χ0v) is 15.9. The maximum Gasteiger partial charge on any atom is 0.227 e. The van der Waals surface area contributed by atoms with E-state index in [4.69, 9.17) is 4.74 Å². The van der Waals surface area contributed by atoms with Gasteiger partial charge in [-0.05, 0) is 31.5 Å². The van der Waals surface area contributed by atoms with Crippen LogP contribution in [-0.4, -0.2) is 22.4 Å². The van der Waals surface area contributed by atoms with Gasteiger partial charge in [0.2, 0.25) is 5.91 Å². The summed E-state index contributed by atoms with van der Waals surface area (Å²) in [6.45, 7) is 2.72. The highest BCUT2D eigenvalue weighted by atomic mass is 19.1. The molecule has 2 aliphatic rings. The normalized spacial score (nSPS) is 17.5. The third kappa shape index (κ3) is 3.18. The third-order valence-electron chi connectivity index (χ3n) is 5.30. The van der Waals surface area contributed by atoms with Crippen LogP contribution in [0.25, 0.3) is 11.1 Å². The minimum Gasteiger partial charge on any atom is -0.485 e. The number of nitrogens with zero attached hydrogens (tertiary/aromatic N) is 3. The van der Waals surface area contributed by atoms with E-state index in [1.165, 1.54) is 6.07 Å². The quantitative estimate of drug-likeness (QED) is 0.708. The van der Waals surface area contributed by atoms with Crippen LogP contribution in [-0.2, 0) is 4.79 Å². The molecular formula is C22H19FN4O2. The molecule has 0 aliphatic carbocycles. The average Bonchev–Trinajstić information content (AvgIpc) is 3.14. The number of halogens is 1. The number of amides is 1. The Kier molecular flexibility index (Phi) is 4.16. The third-order valence-corrected chi connectivity index (χ3v) is 5.30. The lowest BCUT2D eigenvalue weighted by Crippen LogP contribution is -2.24. The van der Waals surface area contributed by atoms with Gasteiger partial charge in [-0.15, -0.1) is 0 Å². The zero-order valence-electron chi connectivity index (χ0n) is 15.9. The Labute approximate surface area is 167 Å². The lowest BCUT2D eigenvalue weighted by atomic mass is 9.94. The van der Waals surface area contributed by atoms with Crippen LogP contribution in [0.2, 0.25) is 0 Å². The van der Waals surface area contributed by atoms with E-state index >= 15 is 0 Å². The second-order valence-electron chi connectivity index (χ2n) is 7.26. The first kappa shape index (κ1) is 17.6. The lowest BCUT2D eigenvalue weighted by molar-refractivity contribution is -0.117. The molecule has 0 radical (unpaired) electrons. The second kappa shape index (κ2) is 6.84. The number of nitrogens with one attached hydrogen (secondary N) is 1. The molecule has 7 heteroatoms. The molecule has 3 aromatic rings. The number of hydrogen-bond donors (Lipinski definition) is 1. The number of carbonyl (C=O) groups is 1. The van der Waals surface area contributed by atoms with Gasteiger partial charge in [0.05, 0.1) is 18.1 Å². The standard InChI is InChI=1S/C22H19FN4O2/c1-13-18-9-21(26-15-7-14(23)10-24-11-15)25-12-19(18)17-5-4-16(8-20(17)29-13)27-6-2-3-22(27)28/h4-5,7-13H,2-3,6H2,1H3,(H,25,26). The summed E-state index contributed by atoms with van der Waals surface area (Å²) in [5.41, 5.74) is 4.32. The van der Waals surface area contributed by atoms with E-state index in [1.807, 2.05) is 36.1 Å².